The van der Waals surface area contributed by atoms with Gasteiger partial charge in [0.2, 0.25) is 0 Å². The number of hydrogen-bond donors (Lipinski definition) is 3. The van der Waals surface area contributed by atoms with E-state index in [2.05, 4.69) is 10.6 Å². The molecule has 3 N–H and O–H groups in total. The molecule has 0 aliphatic rings. The first-order valence-electron chi connectivity index (χ1n) is 9.22. The highest BCUT2D eigenvalue weighted by molar-refractivity contribution is 7.23. The molecule has 0 saturated carbocycles. The van der Waals surface area contributed by atoms with Crippen molar-refractivity contribution in [2.45, 2.75) is 19.4 Å². The summed E-state index contributed by atoms with van der Waals surface area (Å²) in [5.74, 6) is -0.553. The average molecular weight is 411 g/mol. The minimum absolute atomic E-state index is 0.101. The van der Waals surface area contributed by atoms with Crippen molar-refractivity contribution in [1.82, 2.24) is 4.90 Å². The van der Waals surface area contributed by atoms with E-state index >= 15 is 0 Å². The summed E-state index contributed by atoms with van der Waals surface area (Å²) in [4.78, 5) is 38.1. The fourth-order valence-electron chi connectivity index (χ4n) is 3.08. The SMILES string of the molecule is Bc1sc(C(=O)N(C)C)c(O)c1Nc1c(N[C@H](CC)c2ccccc2)c(=O)c1=O. The van der Waals surface area contributed by atoms with E-state index in [1.54, 1.807) is 21.9 Å². The molecule has 1 heterocycles. The van der Waals surface area contributed by atoms with Crippen LogP contribution >= 0.6 is 11.3 Å². The number of nitrogens with one attached hydrogen (secondary N) is 2. The molecule has 0 aliphatic carbocycles. The van der Waals surface area contributed by atoms with Gasteiger partial charge in [-0.05, 0) is 16.8 Å². The van der Waals surface area contributed by atoms with Gasteiger partial charge in [-0.1, -0.05) is 37.3 Å². The maximum absolute atomic E-state index is 12.2. The predicted octanol–water partition coefficient (Wildman–Crippen LogP) is 1.32. The van der Waals surface area contributed by atoms with Gasteiger partial charge in [-0.25, -0.2) is 0 Å². The zero-order chi connectivity index (χ0) is 21.3. The topological polar surface area (TPSA) is 98.7 Å². The van der Waals surface area contributed by atoms with E-state index in [4.69, 9.17) is 0 Å². The minimum atomic E-state index is -0.652. The Labute approximate surface area is 173 Å². The number of rotatable bonds is 7. The molecule has 150 valence electrons. The van der Waals surface area contributed by atoms with Crippen molar-refractivity contribution in [2.75, 3.05) is 24.7 Å². The van der Waals surface area contributed by atoms with Gasteiger partial charge in [0.15, 0.2) is 13.6 Å². The first-order valence-corrected chi connectivity index (χ1v) is 10.0. The van der Waals surface area contributed by atoms with Gasteiger partial charge in [0.05, 0.1) is 11.7 Å². The van der Waals surface area contributed by atoms with Crippen molar-refractivity contribution in [3.63, 3.8) is 0 Å². The summed E-state index contributed by atoms with van der Waals surface area (Å²) in [6.45, 7) is 1.98. The third-order valence-electron chi connectivity index (χ3n) is 4.75. The van der Waals surface area contributed by atoms with Crippen molar-refractivity contribution in [2.24, 2.45) is 0 Å². The van der Waals surface area contributed by atoms with E-state index in [0.29, 0.717) is 11.2 Å². The van der Waals surface area contributed by atoms with Gasteiger partial charge in [-0.15, -0.1) is 11.3 Å². The molecule has 9 heteroatoms. The number of carbonyl (C=O) groups excluding carboxylic acids is 1. The summed E-state index contributed by atoms with van der Waals surface area (Å²) in [6, 6.07) is 9.51. The fraction of sp³-hybridized carbons (Fsp3) is 0.250. The normalized spacial score (nSPS) is 12.0. The van der Waals surface area contributed by atoms with E-state index in [1.165, 1.54) is 4.90 Å². The molecule has 0 radical (unpaired) electrons. The number of nitrogens with zero attached hydrogens (tertiary/aromatic N) is 1. The third kappa shape index (κ3) is 3.78. The first-order chi connectivity index (χ1) is 13.8. The molecule has 0 saturated heterocycles. The number of anilines is 3. The summed E-state index contributed by atoms with van der Waals surface area (Å²) < 4.78 is 0.641. The highest BCUT2D eigenvalue weighted by Crippen LogP contribution is 2.35. The van der Waals surface area contributed by atoms with Crippen LogP contribution in [0.15, 0.2) is 39.9 Å². The number of aromatic hydroxyl groups is 1. The Hall–Kier alpha value is -3.07. The van der Waals surface area contributed by atoms with Crippen LogP contribution in [0.2, 0.25) is 0 Å². The Kier molecular flexibility index (Phi) is 5.79. The van der Waals surface area contributed by atoms with Gasteiger partial charge in [-0.2, -0.15) is 0 Å². The van der Waals surface area contributed by atoms with Gasteiger partial charge in [-0.3, -0.25) is 14.4 Å². The monoisotopic (exact) mass is 411 g/mol. The van der Waals surface area contributed by atoms with Crippen LogP contribution in [0.1, 0.15) is 34.6 Å². The van der Waals surface area contributed by atoms with Crippen LogP contribution in [0, 0.1) is 0 Å². The third-order valence-corrected chi connectivity index (χ3v) is 5.83. The summed E-state index contributed by atoms with van der Waals surface area (Å²) >= 11 is 1.13. The standard InChI is InChI=1S/C20H22BN3O4S/c1-4-11(10-8-6-5-7-9-10)22-12-13(16(26)15(12)25)23-14-17(27)18(29-19(14)21)20(28)24(2)3/h5-9,11,22-23,27H,4,21H2,1-3H3/t11-/m1/s1. The smallest absolute Gasteiger partial charge is 0.267 e. The van der Waals surface area contributed by atoms with Crippen molar-refractivity contribution >= 4 is 46.9 Å². The van der Waals surface area contributed by atoms with E-state index in [0.717, 1.165) is 16.9 Å². The molecule has 2 aromatic carbocycles. The highest BCUT2D eigenvalue weighted by atomic mass is 32.1. The Morgan fingerprint density at radius 1 is 1.14 bits per heavy atom. The van der Waals surface area contributed by atoms with Crippen LogP contribution in [0.4, 0.5) is 17.1 Å². The van der Waals surface area contributed by atoms with Gasteiger partial charge >= 0.3 is 0 Å². The molecular formula is C20H22BN3O4S. The second kappa shape index (κ2) is 8.12. The molecule has 3 rings (SSSR count). The van der Waals surface area contributed by atoms with E-state index in [9.17, 15) is 19.5 Å². The van der Waals surface area contributed by atoms with Crippen LogP contribution in [0.3, 0.4) is 0 Å². The maximum atomic E-state index is 12.2. The lowest BCUT2D eigenvalue weighted by Crippen LogP contribution is -2.37. The molecule has 0 aliphatic heterocycles. The van der Waals surface area contributed by atoms with Gasteiger partial charge in [0, 0.05) is 14.1 Å². The zero-order valence-corrected chi connectivity index (χ0v) is 17.5. The fourth-order valence-corrected chi connectivity index (χ4v) is 4.11. The van der Waals surface area contributed by atoms with E-state index < -0.39 is 10.9 Å². The largest absolute Gasteiger partial charge is 0.504 e. The lowest BCUT2D eigenvalue weighted by molar-refractivity contribution is 0.0829. The molecule has 1 aromatic heterocycles. The van der Waals surface area contributed by atoms with Gasteiger partial charge in [0.25, 0.3) is 16.8 Å². The van der Waals surface area contributed by atoms with Gasteiger partial charge in [0.1, 0.15) is 16.3 Å². The van der Waals surface area contributed by atoms with Crippen LogP contribution < -0.4 is 26.3 Å². The maximum Gasteiger partial charge on any atom is 0.267 e. The number of hydrogen-bond acceptors (Lipinski definition) is 7. The Bertz CT molecular complexity index is 1120. The lowest BCUT2D eigenvalue weighted by Gasteiger charge is -2.22. The predicted molar refractivity (Wildman–Crippen MR) is 120 cm³/mol. The molecule has 0 unspecified atom stereocenters. The summed E-state index contributed by atoms with van der Waals surface area (Å²) in [5.41, 5.74) is 0.311. The molecule has 29 heavy (non-hydrogen) atoms. The summed E-state index contributed by atoms with van der Waals surface area (Å²) in [5, 5.41) is 16.5. The molecule has 0 spiro atoms. The van der Waals surface area contributed by atoms with Crippen LogP contribution in [-0.4, -0.2) is 37.9 Å². The molecule has 0 bridgehead atoms. The Morgan fingerprint density at radius 3 is 2.34 bits per heavy atom. The van der Waals surface area contributed by atoms with Crippen molar-refractivity contribution in [3.8, 4) is 5.75 Å². The van der Waals surface area contributed by atoms with Crippen LogP contribution in [0.25, 0.3) is 0 Å². The second-order valence-electron chi connectivity index (χ2n) is 6.96. The molecule has 7 nitrogen and oxygen atoms in total. The molecule has 1 atom stereocenters. The van der Waals surface area contributed by atoms with Crippen molar-refractivity contribution in [3.05, 3.63) is 61.2 Å². The van der Waals surface area contributed by atoms with E-state index in [-0.39, 0.29) is 39.6 Å². The van der Waals surface area contributed by atoms with Crippen molar-refractivity contribution < 1.29 is 9.90 Å². The average Bonchev–Trinajstić information content (AvgIpc) is 3.00. The number of carbonyl (C=O) groups is 1. The van der Waals surface area contributed by atoms with Crippen LogP contribution in [0.5, 0.6) is 5.75 Å². The van der Waals surface area contributed by atoms with Gasteiger partial charge < -0.3 is 20.6 Å². The quantitative estimate of drug-likeness (QED) is 0.401. The molecule has 0 fully saturated rings. The Balaban J connectivity index is 1.91. The van der Waals surface area contributed by atoms with Crippen molar-refractivity contribution in [1.29, 1.82) is 0 Å². The summed E-state index contributed by atoms with van der Waals surface area (Å²) in [7, 11) is 4.92. The number of amides is 1. The molecule has 1 amide bonds. The minimum Gasteiger partial charge on any atom is -0.504 e. The zero-order valence-electron chi connectivity index (χ0n) is 16.7. The highest BCUT2D eigenvalue weighted by Gasteiger charge is 2.27. The first kappa shape index (κ1) is 20.7. The van der Waals surface area contributed by atoms with E-state index in [1.807, 2.05) is 37.3 Å². The lowest BCUT2D eigenvalue weighted by atomic mass is 10.0. The summed E-state index contributed by atoms with van der Waals surface area (Å²) in [6.07, 6.45) is 0.715. The number of benzene rings is 1. The molecular weight excluding hydrogens is 389 g/mol. The second-order valence-corrected chi connectivity index (χ2v) is 8.18. The number of thiophene rings is 1. The van der Waals surface area contributed by atoms with Crippen LogP contribution in [-0.2, 0) is 0 Å². The molecule has 3 aromatic rings. The Morgan fingerprint density at radius 2 is 1.76 bits per heavy atom.